The first kappa shape index (κ1) is 20.7. The molecule has 0 aromatic carbocycles. The predicted molar refractivity (Wildman–Crippen MR) is 112 cm³/mol. The molecular formula is C22H23N5O4. The van der Waals surface area contributed by atoms with Gasteiger partial charge in [0, 0.05) is 37.0 Å². The Balaban J connectivity index is 1.46. The average Bonchev–Trinajstić information content (AvgIpc) is 2.81. The van der Waals surface area contributed by atoms with E-state index in [0.717, 1.165) is 19.4 Å². The molecule has 0 radical (unpaired) electrons. The summed E-state index contributed by atoms with van der Waals surface area (Å²) in [5, 5.41) is 2.95. The van der Waals surface area contributed by atoms with E-state index in [1.165, 1.54) is 12.4 Å². The van der Waals surface area contributed by atoms with Gasteiger partial charge in [-0.05, 0) is 38.0 Å². The molecule has 0 saturated carbocycles. The van der Waals surface area contributed by atoms with Crippen LogP contribution in [0.15, 0.2) is 49.2 Å². The molecule has 3 aromatic rings. The summed E-state index contributed by atoms with van der Waals surface area (Å²) < 4.78 is 16.8. The molecule has 1 atom stereocenters. The van der Waals surface area contributed by atoms with Gasteiger partial charge in [0.2, 0.25) is 0 Å². The summed E-state index contributed by atoms with van der Waals surface area (Å²) in [5.74, 6) is 1.59. The maximum absolute atomic E-state index is 12.4. The molecule has 1 saturated heterocycles. The molecule has 1 aliphatic heterocycles. The molecule has 1 aliphatic rings. The second kappa shape index (κ2) is 9.94. The number of nitrogens with zero attached hydrogens (tertiary/aromatic N) is 4. The number of aromatic nitrogens is 4. The van der Waals surface area contributed by atoms with Crippen LogP contribution < -0.4 is 14.8 Å². The van der Waals surface area contributed by atoms with Crippen molar-refractivity contribution in [1.82, 2.24) is 25.3 Å². The number of nitrogens with one attached hydrogen (secondary N) is 1. The highest BCUT2D eigenvalue weighted by atomic mass is 16.5. The van der Waals surface area contributed by atoms with E-state index in [4.69, 9.17) is 14.2 Å². The van der Waals surface area contributed by atoms with Crippen molar-refractivity contribution in [3.05, 3.63) is 54.7 Å². The normalized spacial score (nSPS) is 15.8. The van der Waals surface area contributed by atoms with Gasteiger partial charge >= 0.3 is 0 Å². The van der Waals surface area contributed by atoms with Gasteiger partial charge in [-0.1, -0.05) is 0 Å². The number of amides is 1. The van der Waals surface area contributed by atoms with Crippen LogP contribution in [0.5, 0.6) is 17.4 Å². The van der Waals surface area contributed by atoms with Crippen LogP contribution in [0.2, 0.25) is 0 Å². The fourth-order valence-electron chi connectivity index (χ4n) is 3.14. The van der Waals surface area contributed by atoms with Crippen LogP contribution in [0.25, 0.3) is 11.4 Å². The fourth-order valence-corrected chi connectivity index (χ4v) is 3.14. The van der Waals surface area contributed by atoms with Crippen molar-refractivity contribution in [1.29, 1.82) is 0 Å². The molecule has 4 heterocycles. The largest absolute Gasteiger partial charge is 0.488 e. The lowest BCUT2D eigenvalue weighted by Gasteiger charge is -2.22. The molecule has 160 valence electrons. The molecule has 0 bridgehead atoms. The topological polar surface area (TPSA) is 108 Å². The SMILES string of the molecule is CCOc1cccnc1Oc1cncc(-c2ncc(C(=O)NC3CCCOC3)cn2)c1. The van der Waals surface area contributed by atoms with Crippen LogP contribution in [0.1, 0.15) is 30.1 Å². The number of carbonyl (C=O) groups is 1. The van der Waals surface area contributed by atoms with Crippen LogP contribution in [0.3, 0.4) is 0 Å². The second-order valence-electron chi connectivity index (χ2n) is 6.93. The molecule has 1 amide bonds. The highest BCUT2D eigenvalue weighted by Gasteiger charge is 2.18. The van der Waals surface area contributed by atoms with Crippen molar-refractivity contribution < 1.29 is 19.0 Å². The molecule has 0 aliphatic carbocycles. The smallest absolute Gasteiger partial charge is 0.262 e. The molecule has 4 rings (SSSR count). The number of pyridine rings is 2. The van der Waals surface area contributed by atoms with Crippen molar-refractivity contribution in [2.45, 2.75) is 25.8 Å². The monoisotopic (exact) mass is 421 g/mol. The molecule has 31 heavy (non-hydrogen) atoms. The van der Waals surface area contributed by atoms with Crippen LogP contribution in [-0.2, 0) is 4.74 Å². The van der Waals surface area contributed by atoms with Gasteiger partial charge in [-0.25, -0.2) is 15.0 Å². The number of rotatable bonds is 7. The average molecular weight is 421 g/mol. The summed E-state index contributed by atoms with van der Waals surface area (Å²) >= 11 is 0. The summed E-state index contributed by atoms with van der Waals surface area (Å²) in [6.45, 7) is 3.67. The second-order valence-corrected chi connectivity index (χ2v) is 6.93. The zero-order valence-electron chi connectivity index (χ0n) is 17.2. The van der Waals surface area contributed by atoms with Gasteiger partial charge in [0.1, 0.15) is 5.75 Å². The summed E-state index contributed by atoms with van der Waals surface area (Å²) in [5.41, 5.74) is 1.04. The summed E-state index contributed by atoms with van der Waals surface area (Å²) in [4.78, 5) is 29.5. The minimum absolute atomic E-state index is 0.0205. The summed E-state index contributed by atoms with van der Waals surface area (Å²) in [7, 11) is 0. The Hall–Kier alpha value is -3.59. The highest BCUT2D eigenvalue weighted by Crippen LogP contribution is 2.30. The van der Waals surface area contributed by atoms with Gasteiger partial charge in [-0.2, -0.15) is 0 Å². The summed E-state index contributed by atoms with van der Waals surface area (Å²) in [6, 6.07) is 5.34. The third-order valence-corrected chi connectivity index (χ3v) is 4.63. The van der Waals surface area contributed by atoms with E-state index in [0.29, 0.717) is 47.5 Å². The fraction of sp³-hybridized carbons (Fsp3) is 0.318. The Labute approximate surface area is 179 Å². The van der Waals surface area contributed by atoms with E-state index in [9.17, 15) is 4.79 Å². The van der Waals surface area contributed by atoms with E-state index in [1.807, 2.05) is 6.92 Å². The first-order valence-corrected chi connectivity index (χ1v) is 10.1. The van der Waals surface area contributed by atoms with E-state index in [2.05, 4.69) is 25.3 Å². The van der Waals surface area contributed by atoms with Gasteiger partial charge in [-0.15, -0.1) is 0 Å². The van der Waals surface area contributed by atoms with Crippen molar-refractivity contribution in [3.63, 3.8) is 0 Å². The van der Waals surface area contributed by atoms with E-state index < -0.39 is 0 Å². The van der Waals surface area contributed by atoms with Gasteiger partial charge < -0.3 is 19.5 Å². The Morgan fingerprint density at radius 3 is 2.87 bits per heavy atom. The number of hydrogen-bond donors (Lipinski definition) is 1. The molecule has 0 spiro atoms. The third-order valence-electron chi connectivity index (χ3n) is 4.63. The molecule has 9 heteroatoms. The van der Waals surface area contributed by atoms with E-state index in [-0.39, 0.29) is 11.9 Å². The van der Waals surface area contributed by atoms with Crippen LogP contribution in [-0.4, -0.2) is 51.7 Å². The maximum Gasteiger partial charge on any atom is 0.262 e. The molecule has 1 N–H and O–H groups in total. The Kier molecular flexibility index (Phi) is 6.63. The van der Waals surface area contributed by atoms with Crippen molar-refractivity contribution >= 4 is 5.91 Å². The van der Waals surface area contributed by atoms with Crippen LogP contribution in [0, 0.1) is 0 Å². The lowest BCUT2D eigenvalue weighted by Crippen LogP contribution is -2.40. The standard InChI is InChI=1S/C22H23N5O4/c1-2-30-19-6-3-7-24-22(19)31-18-9-15(10-23-13-18)20-25-11-16(12-26-20)21(28)27-17-5-4-8-29-14-17/h3,6-7,9-13,17H,2,4-5,8,14H2,1H3,(H,27,28). The first-order valence-electron chi connectivity index (χ1n) is 10.1. The predicted octanol–water partition coefficient (Wildman–Crippen LogP) is 3.03. The molecule has 3 aromatic heterocycles. The van der Waals surface area contributed by atoms with Crippen molar-refractivity contribution in [3.8, 4) is 28.8 Å². The summed E-state index contributed by atoms with van der Waals surface area (Å²) in [6.07, 6.45) is 9.68. The first-order chi connectivity index (χ1) is 15.2. The van der Waals surface area contributed by atoms with Crippen LogP contribution >= 0.6 is 0 Å². The zero-order valence-corrected chi connectivity index (χ0v) is 17.2. The molecular weight excluding hydrogens is 398 g/mol. The molecule has 9 nitrogen and oxygen atoms in total. The van der Waals surface area contributed by atoms with Crippen molar-refractivity contribution in [2.24, 2.45) is 0 Å². The Morgan fingerprint density at radius 2 is 2.10 bits per heavy atom. The van der Waals surface area contributed by atoms with Crippen molar-refractivity contribution in [2.75, 3.05) is 19.8 Å². The third kappa shape index (κ3) is 5.32. The lowest BCUT2D eigenvalue weighted by molar-refractivity contribution is 0.0624. The van der Waals surface area contributed by atoms with E-state index in [1.54, 1.807) is 36.8 Å². The zero-order chi connectivity index (χ0) is 21.5. The van der Waals surface area contributed by atoms with Gasteiger partial charge in [0.05, 0.1) is 31.0 Å². The molecule has 1 fully saturated rings. The van der Waals surface area contributed by atoms with Gasteiger partial charge in [0.25, 0.3) is 11.8 Å². The number of hydrogen-bond acceptors (Lipinski definition) is 8. The quantitative estimate of drug-likeness (QED) is 0.620. The minimum atomic E-state index is -0.212. The van der Waals surface area contributed by atoms with Crippen LogP contribution in [0.4, 0.5) is 0 Å². The van der Waals surface area contributed by atoms with Gasteiger partial charge in [0.15, 0.2) is 11.6 Å². The highest BCUT2D eigenvalue weighted by molar-refractivity contribution is 5.93. The van der Waals surface area contributed by atoms with Gasteiger partial charge in [-0.3, -0.25) is 9.78 Å². The Morgan fingerprint density at radius 1 is 1.23 bits per heavy atom. The molecule has 1 unspecified atom stereocenters. The lowest BCUT2D eigenvalue weighted by atomic mass is 10.1. The van der Waals surface area contributed by atoms with E-state index >= 15 is 0 Å². The number of carbonyl (C=O) groups excluding carboxylic acids is 1. The minimum Gasteiger partial charge on any atom is -0.488 e. The maximum atomic E-state index is 12.4. The Bertz CT molecular complexity index is 1020. The number of ether oxygens (including phenoxy) is 3.